The van der Waals surface area contributed by atoms with Crippen LogP contribution in [0.5, 0.6) is 0 Å². The molecule has 0 aromatic heterocycles. The molecule has 1 saturated heterocycles. The van der Waals surface area contributed by atoms with Crippen molar-refractivity contribution < 1.29 is 23.1 Å². The summed E-state index contributed by atoms with van der Waals surface area (Å²) in [6.45, 7) is 0.890. The summed E-state index contributed by atoms with van der Waals surface area (Å²) in [5.41, 5.74) is 0.352. The number of sulfonamides is 1. The summed E-state index contributed by atoms with van der Waals surface area (Å²) in [6.07, 6.45) is 0.779. The van der Waals surface area contributed by atoms with Crippen molar-refractivity contribution in [3.63, 3.8) is 0 Å². The molecule has 2 atom stereocenters. The molecule has 0 bridgehead atoms. The molecular weight excluding hydrogens is 439 g/mol. The number of aliphatic carboxylic acids is 1. The van der Waals surface area contributed by atoms with Crippen LogP contribution < -0.4 is 4.72 Å². The third-order valence-electron chi connectivity index (χ3n) is 4.62. The SMILES string of the molecule is O=C(O)[C@H](C(=O)N1CCC1)[C@@H](NS(=O)(=O)c1cc(Cl)cc(Cl)c1)c1ccccc1. The van der Waals surface area contributed by atoms with Crippen molar-refractivity contribution in [2.24, 2.45) is 5.92 Å². The van der Waals surface area contributed by atoms with E-state index in [0.29, 0.717) is 18.7 Å². The molecule has 1 amide bonds. The fourth-order valence-electron chi connectivity index (χ4n) is 3.03. The molecule has 2 N–H and O–H groups in total. The number of carbonyl (C=O) groups is 2. The molecule has 154 valence electrons. The number of carbonyl (C=O) groups excluding carboxylic acids is 1. The van der Waals surface area contributed by atoms with Gasteiger partial charge in [0.25, 0.3) is 0 Å². The highest BCUT2D eigenvalue weighted by Crippen LogP contribution is 2.29. The molecule has 1 fully saturated rings. The molecule has 7 nitrogen and oxygen atoms in total. The maximum Gasteiger partial charge on any atom is 0.318 e. The minimum atomic E-state index is -4.23. The Balaban J connectivity index is 2.03. The lowest BCUT2D eigenvalue weighted by molar-refractivity contribution is -0.154. The minimum absolute atomic E-state index is 0.112. The Morgan fingerprint density at radius 1 is 1.03 bits per heavy atom. The van der Waals surface area contributed by atoms with Crippen LogP contribution in [0.15, 0.2) is 53.4 Å². The molecule has 0 radical (unpaired) electrons. The Labute approximate surface area is 178 Å². The second-order valence-electron chi connectivity index (χ2n) is 6.61. The summed E-state index contributed by atoms with van der Waals surface area (Å²) in [4.78, 5) is 26.0. The zero-order valence-corrected chi connectivity index (χ0v) is 17.4. The van der Waals surface area contributed by atoms with Gasteiger partial charge in [0.15, 0.2) is 5.92 Å². The third-order valence-corrected chi connectivity index (χ3v) is 6.48. The Kier molecular flexibility index (Phi) is 6.48. The zero-order chi connectivity index (χ0) is 21.2. The molecule has 1 aliphatic heterocycles. The molecule has 2 aromatic carbocycles. The molecule has 29 heavy (non-hydrogen) atoms. The predicted molar refractivity (Wildman–Crippen MR) is 108 cm³/mol. The smallest absolute Gasteiger partial charge is 0.318 e. The van der Waals surface area contributed by atoms with Crippen LogP contribution in [0.1, 0.15) is 18.0 Å². The lowest BCUT2D eigenvalue weighted by atomic mass is 9.91. The molecule has 0 saturated carbocycles. The Bertz CT molecular complexity index is 1010. The van der Waals surface area contributed by atoms with Crippen LogP contribution in [0, 0.1) is 5.92 Å². The first-order valence-electron chi connectivity index (χ1n) is 8.74. The lowest BCUT2D eigenvalue weighted by Crippen LogP contribution is -2.51. The molecule has 0 spiro atoms. The van der Waals surface area contributed by atoms with E-state index in [1.807, 2.05) is 0 Å². The minimum Gasteiger partial charge on any atom is -0.481 e. The van der Waals surface area contributed by atoms with Crippen LogP contribution in [-0.4, -0.2) is 43.4 Å². The highest BCUT2D eigenvalue weighted by atomic mass is 35.5. The van der Waals surface area contributed by atoms with E-state index in [0.717, 1.165) is 6.42 Å². The number of amides is 1. The first kappa shape index (κ1) is 21.6. The van der Waals surface area contributed by atoms with Crippen LogP contribution in [0.2, 0.25) is 10.0 Å². The lowest BCUT2D eigenvalue weighted by Gasteiger charge is -2.35. The van der Waals surface area contributed by atoms with Gasteiger partial charge in [-0.05, 0) is 30.2 Å². The highest BCUT2D eigenvalue weighted by molar-refractivity contribution is 7.89. The largest absolute Gasteiger partial charge is 0.481 e. The van der Waals surface area contributed by atoms with Crippen LogP contribution in [0.3, 0.4) is 0 Å². The van der Waals surface area contributed by atoms with Gasteiger partial charge in [-0.15, -0.1) is 0 Å². The summed E-state index contributed by atoms with van der Waals surface area (Å²) < 4.78 is 28.3. The number of hydrogen-bond donors (Lipinski definition) is 2. The van der Waals surface area contributed by atoms with E-state index in [4.69, 9.17) is 23.2 Å². The number of likely N-dealkylation sites (tertiary alicyclic amines) is 1. The van der Waals surface area contributed by atoms with Crippen molar-refractivity contribution in [2.75, 3.05) is 13.1 Å². The third kappa shape index (κ3) is 4.90. The van der Waals surface area contributed by atoms with E-state index in [2.05, 4.69) is 4.72 Å². The number of hydrogen-bond acceptors (Lipinski definition) is 4. The molecular formula is C19H18Cl2N2O5S. The van der Waals surface area contributed by atoms with Crippen molar-refractivity contribution in [1.82, 2.24) is 9.62 Å². The molecule has 0 aliphatic carbocycles. The summed E-state index contributed by atoms with van der Waals surface area (Å²) in [5, 5.41) is 10.00. The molecule has 1 heterocycles. The average Bonchev–Trinajstić information content (AvgIpc) is 2.59. The van der Waals surface area contributed by atoms with Gasteiger partial charge in [-0.2, -0.15) is 0 Å². The number of benzene rings is 2. The predicted octanol–water partition coefficient (Wildman–Crippen LogP) is 2.95. The van der Waals surface area contributed by atoms with Crippen LogP contribution in [-0.2, 0) is 19.6 Å². The molecule has 3 rings (SSSR count). The standard InChI is InChI=1S/C19H18Cl2N2O5S/c20-13-9-14(21)11-15(10-13)29(27,28)22-17(12-5-2-1-3-6-12)16(19(25)26)18(24)23-7-4-8-23/h1-3,5-6,9-11,16-17,22H,4,7-8H2,(H,25,26)/t16-,17-/m0/s1. The number of halogens is 2. The topological polar surface area (TPSA) is 104 Å². The van der Waals surface area contributed by atoms with E-state index < -0.39 is 33.9 Å². The number of nitrogens with one attached hydrogen (secondary N) is 1. The van der Waals surface area contributed by atoms with Gasteiger partial charge in [0.2, 0.25) is 15.9 Å². The Morgan fingerprint density at radius 2 is 1.62 bits per heavy atom. The zero-order valence-electron chi connectivity index (χ0n) is 15.1. The molecule has 2 aromatic rings. The second-order valence-corrected chi connectivity index (χ2v) is 9.20. The quantitative estimate of drug-likeness (QED) is 0.623. The molecule has 10 heteroatoms. The second kappa shape index (κ2) is 8.71. The average molecular weight is 457 g/mol. The van der Waals surface area contributed by atoms with Crippen molar-refractivity contribution in [2.45, 2.75) is 17.4 Å². The summed E-state index contributed by atoms with van der Waals surface area (Å²) in [6, 6.07) is 10.6. The van der Waals surface area contributed by atoms with Crippen LogP contribution in [0.4, 0.5) is 0 Å². The van der Waals surface area contributed by atoms with Crippen LogP contribution in [0.25, 0.3) is 0 Å². The monoisotopic (exact) mass is 456 g/mol. The number of rotatable bonds is 7. The Morgan fingerprint density at radius 3 is 2.10 bits per heavy atom. The van der Waals surface area contributed by atoms with E-state index in [1.165, 1.54) is 23.1 Å². The fourth-order valence-corrected chi connectivity index (χ4v) is 4.99. The summed E-state index contributed by atoms with van der Waals surface area (Å²) in [7, 11) is -4.23. The molecule has 0 unspecified atom stereocenters. The van der Waals surface area contributed by atoms with Gasteiger partial charge >= 0.3 is 5.97 Å². The van der Waals surface area contributed by atoms with Gasteiger partial charge in [0.1, 0.15) is 0 Å². The van der Waals surface area contributed by atoms with Gasteiger partial charge < -0.3 is 10.0 Å². The van der Waals surface area contributed by atoms with Gasteiger partial charge in [0, 0.05) is 23.1 Å². The van der Waals surface area contributed by atoms with Crippen molar-refractivity contribution >= 4 is 45.1 Å². The van der Waals surface area contributed by atoms with Gasteiger partial charge in [0.05, 0.1) is 10.9 Å². The van der Waals surface area contributed by atoms with Crippen molar-refractivity contribution in [1.29, 1.82) is 0 Å². The van der Waals surface area contributed by atoms with E-state index in [-0.39, 0.29) is 14.9 Å². The van der Waals surface area contributed by atoms with Crippen molar-refractivity contribution in [3.05, 3.63) is 64.1 Å². The van der Waals surface area contributed by atoms with Gasteiger partial charge in [-0.25, -0.2) is 13.1 Å². The normalized spacial score (nSPS) is 16.0. The van der Waals surface area contributed by atoms with E-state index >= 15 is 0 Å². The summed E-state index contributed by atoms with van der Waals surface area (Å²) >= 11 is 11.8. The number of nitrogens with zero attached hydrogens (tertiary/aromatic N) is 1. The van der Waals surface area contributed by atoms with Gasteiger partial charge in [-0.1, -0.05) is 53.5 Å². The number of carboxylic acid groups (broad SMARTS) is 1. The van der Waals surface area contributed by atoms with Crippen LogP contribution >= 0.6 is 23.2 Å². The highest BCUT2D eigenvalue weighted by Gasteiger charge is 2.42. The van der Waals surface area contributed by atoms with Gasteiger partial charge in [-0.3, -0.25) is 9.59 Å². The first-order chi connectivity index (χ1) is 13.7. The van der Waals surface area contributed by atoms with Crippen molar-refractivity contribution in [3.8, 4) is 0 Å². The number of carboxylic acids is 1. The molecule has 1 aliphatic rings. The fraction of sp³-hybridized carbons (Fsp3) is 0.263. The first-order valence-corrected chi connectivity index (χ1v) is 11.0. The van der Waals surface area contributed by atoms with E-state index in [9.17, 15) is 23.1 Å². The maximum absolute atomic E-state index is 13.0. The maximum atomic E-state index is 13.0. The summed E-state index contributed by atoms with van der Waals surface area (Å²) in [5.74, 6) is -3.67. The van der Waals surface area contributed by atoms with E-state index in [1.54, 1.807) is 30.3 Å². The Hall–Kier alpha value is -2.13.